The van der Waals surface area contributed by atoms with Gasteiger partial charge in [0.2, 0.25) is 0 Å². The van der Waals surface area contributed by atoms with Gasteiger partial charge in [0.05, 0.1) is 26.4 Å². The Kier molecular flexibility index (Phi) is 78.2. The third-order valence-electron chi connectivity index (χ3n) is 20.9. The topological polar surface area (TPSA) is 237 Å². The fourth-order valence-corrected chi connectivity index (χ4v) is 15.2. The lowest BCUT2D eigenvalue weighted by atomic mass is 10.00. The first kappa shape index (κ1) is 104. The molecule has 19 heteroatoms. The van der Waals surface area contributed by atoms with E-state index in [1.165, 1.54) is 289 Å². The molecule has 0 heterocycles. The summed E-state index contributed by atoms with van der Waals surface area (Å²) >= 11 is 0. The van der Waals surface area contributed by atoms with E-state index in [0.29, 0.717) is 25.7 Å². The summed E-state index contributed by atoms with van der Waals surface area (Å²) < 4.78 is 68.9. The van der Waals surface area contributed by atoms with Crippen molar-refractivity contribution in [3.8, 4) is 0 Å². The van der Waals surface area contributed by atoms with Crippen molar-refractivity contribution in [1.82, 2.24) is 0 Å². The summed E-state index contributed by atoms with van der Waals surface area (Å²) in [5.74, 6) is -1.37. The Morgan fingerprint density at radius 2 is 0.453 bits per heavy atom. The average Bonchev–Trinajstić information content (AvgIpc) is 0.904. The van der Waals surface area contributed by atoms with Crippen LogP contribution in [0.4, 0.5) is 0 Å². The van der Waals surface area contributed by atoms with E-state index in [2.05, 4.69) is 34.6 Å². The molecule has 3 unspecified atom stereocenters. The van der Waals surface area contributed by atoms with Crippen molar-refractivity contribution in [2.24, 2.45) is 5.92 Å². The number of rotatable bonds is 87. The Balaban J connectivity index is 5.22. The minimum atomic E-state index is -4.97. The van der Waals surface area contributed by atoms with Crippen LogP contribution in [-0.2, 0) is 65.4 Å². The summed E-state index contributed by atoms with van der Waals surface area (Å²) in [6.07, 6.45) is 73.7. The number of esters is 4. The lowest BCUT2D eigenvalue weighted by Gasteiger charge is -2.21. The summed E-state index contributed by atoms with van der Waals surface area (Å²) in [6, 6.07) is 0. The van der Waals surface area contributed by atoms with E-state index in [4.69, 9.17) is 37.0 Å². The van der Waals surface area contributed by atoms with Gasteiger partial charge >= 0.3 is 39.5 Å². The molecule has 0 spiro atoms. The van der Waals surface area contributed by atoms with Crippen molar-refractivity contribution in [3.05, 3.63) is 0 Å². The Morgan fingerprint density at radius 3 is 0.670 bits per heavy atom. The van der Waals surface area contributed by atoms with Crippen molar-refractivity contribution in [2.45, 2.75) is 490 Å². The fourth-order valence-electron chi connectivity index (χ4n) is 13.6. The third-order valence-corrected chi connectivity index (χ3v) is 22.8. The standard InChI is InChI=1S/C87H170O17P2/c1-6-10-13-16-19-22-25-28-31-34-36-38-40-43-45-48-51-54-60-65-70-84(89)97-76-82(103-86(91)72-68-63-56-53-50-47-44-41-39-37-35-32-29-26-23-20-17-14-11-7-2)78-101-105(93,94)99-74-81(88)75-100-106(95,96)102-79-83(77-98-85(90)71-66-61-58-57-59-64-69-80(5)9-4)104-87(92)73-67-62-55-52-49-46-42-33-30-27-24-21-18-15-12-8-3/h80-83,88H,6-79H2,1-5H3,(H,93,94)(H,95,96)/t80?,81-,82-,83-/m1/s1. The van der Waals surface area contributed by atoms with Gasteiger partial charge in [-0.2, -0.15) is 0 Å². The molecule has 3 N–H and O–H groups in total. The number of carbonyl (C=O) groups is 4. The second-order valence-electron chi connectivity index (χ2n) is 31.5. The lowest BCUT2D eigenvalue weighted by Crippen LogP contribution is -2.30. The maximum atomic E-state index is 13.2. The second kappa shape index (κ2) is 79.7. The predicted molar refractivity (Wildman–Crippen MR) is 437 cm³/mol. The van der Waals surface area contributed by atoms with Crippen LogP contribution in [0, 0.1) is 5.92 Å². The molecule has 0 fully saturated rings. The molecule has 0 saturated carbocycles. The highest BCUT2D eigenvalue weighted by atomic mass is 31.2. The second-order valence-corrected chi connectivity index (χ2v) is 34.4. The molecule has 0 saturated heterocycles. The summed E-state index contributed by atoms with van der Waals surface area (Å²) in [7, 11) is -9.93. The molecule has 0 rings (SSSR count). The van der Waals surface area contributed by atoms with Crippen LogP contribution in [0.25, 0.3) is 0 Å². The Hall–Kier alpha value is -1.94. The van der Waals surface area contributed by atoms with Crippen molar-refractivity contribution in [1.29, 1.82) is 0 Å². The lowest BCUT2D eigenvalue weighted by molar-refractivity contribution is -0.161. The number of phosphoric ester groups is 2. The molecule has 0 aliphatic rings. The van der Waals surface area contributed by atoms with E-state index in [1.54, 1.807) is 0 Å². The van der Waals surface area contributed by atoms with Crippen LogP contribution in [0.2, 0.25) is 0 Å². The van der Waals surface area contributed by atoms with Crippen LogP contribution >= 0.6 is 15.6 Å². The molecule has 106 heavy (non-hydrogen) atoms. The van der Waals surface area contributed by atoms with Crippen LogP contribution in [0.3, 0.4) is 0 Å². The van der Waals surface area contributed by atoms with Gasteiger partial charge in [-0.3, -0.25) is 37.3 Å². The number of hydrogen-bond acceptors (Lipinski definition) is 15. The number of aliphatic hydroxyl groups excluding tert-OH is 1. The smallest absolute Gasteiger partial charge is 0.462 e. The Labute approximate surface area is 651 Å². The quantitative estimate of drug-likeness (QED) is 0.0222. The Morgan fingerprint density at radius 1 is 0.264 bits per heavy atom. The molecule has 17 nitrogen and oxygen atoms in total. The number of phosphoric acid groups is 2. The molecule has 0 bridgehead atoms. The van der Waals surface area contributed by atoms with Gasteiger partial charge in [0.25, 0.3) is 0 Å². The maximum absolute atomic E-state index is 13.2. The van der Waals surface area contributed by atoms with Crippen LogP contribution in [0.1, 0.15) is 471 Å². The molecule has 0 aliphatic carbocycles. The van der Waals surface area contributed by atoms with Gasteiger partial charge in [-0.05, 0) is 31.6 Å². The zero-order valence-corrected chi connectivity index (χ0v) is 71.4. The highest BCUT2D eigenvalue weighted by molar-refractivity contribution is 7.47. The maximum Gasteiger partial charge on any atom is 0.472 e. The highest BCUT2D eigenvalue weighted by Crippen LogP contribution is 2.45. The van der Waals surface area contributed by atoms with Gasteiger partial charge in [-0.15, -0.1) is 0 Å². The first-order valence-corrected chi connectivity index (χ1v) is 48.2. The van der Waals surface area contributed by atoms with Crippen molar-refractivity contribution >= 4 is 39.5 Å². The fraction of sp³-hybridized carbons (Fsp3) is 0.954. The summed E-state index contributed by atoms with van der Waals surface area (Å²) in [5, 5.41) is 10.7. The van der Waals surface area contributed by atoms with Crippen molar-refractivity contribution in [3.63, 3.8) is 0 Å². The van der Waals surface area contributed by atoms with Gasteiger partial charge in [-0.25, -0.2) is 9.13 Å². The number of hydrogen-bond donors (Lipinski definition) is 3. The molecular weight excluding hydrogens is 1380 g/mol. The summed E-state index contributed by atoms with van der Waals surface area (Å²) in [5.41, 5.74) is 0. The minimum Gasteiger partial charge on any atom is -0.462 e. The zero-order valence-electron chi connectivity index (χ0n) is 69.6. The monoisotopic (exact) mass is 1550 g/mol. The molecule has 630 valence electrons. The van der Waals surface area contributed by atoms with Gasteiger partial charge in [0.1, 0.15) is 19.3 Å². The van der Waals surface area contributed by atoms with E-state index in [0.717, 1.165) is 102 Å². The highest BCUT2D eigenvalue weighted by Gasteiger charge is 2.30. The average molecular weight is 1550 g/mol. The normalized spacial score (nSPS) is 14.0. The number of aliphatic hydroxyl groups is 1. The van der Waals surface area contributed by atoms with Crippen molar-refractivity contribution < 1.29 is 80.2 Å². The van der Waals surface area contributed by atoms with Crippen LogP contribution in [0.5, 0.6) is 0 Å². The van der Waals surface area contributed by atoms with Crippen LogP contribution in [0.15, 0.2) is 0 Å². The molecule has 0 radical (unpaired) electrons. The molecule has 6 atom stereocenters. The summed E-state index contributed by atoms with van der Waals surface area (Å²) in [4.78, 5) is 73.2. The molecule has 0 aliphatic heterocycles. The largest absolute Gasteiger partial charge is 0.472 e. The van der Waals surface area contributed by atoms with Crippen molar-refractivity contribution in [2.75, 3.05) is 39.6 Å². The first-order valence-electron chi connectivity index (χ1n) is 45.2. The first-order chi connectivity index (χ1) is 51.6. The van der Waals surface area contributed by atoms with E-state index in [-0.39, 0.29) is 25.7 Å². The zero-order chi connectivity index (χ0) is 77.6. The van der Waals surface area contributed by atoms with Gasteiger partial charge in [0, 0.05) is 25.7 Å². The van der Waals surface area contributed by atoms with E-state index in [9.17, 15) is 43.2 Å². The van der Waals surface area contributed by atoms with Crippen LogP contribution < -0.4 is 0 Å². The molecule has 0 aromatic carbocycles. The number of unbranched alkanes of at least 4 members (excludes halogenated alkanes) is 58. The number of carbonyl (C=O) groups excluding carboxylic acids is 4. The van der Waals surface area contributed by atoms with E-state index < -0.39 is 97.5 Å². The number of ether oxygens (including phenoxy) is 4. The molecule has 0 aromatic heterocycles. The van der Waals surface area contributed by atoms with E-state index >= 15 is 0 Å². The van der Waals surface area contributed by atoms with Crippen LogP contribution in [-0.4, -0.2) is 96.7 Å². The third kappa shape index (κ3) is 78.7. The molecular formula is C87H170O17P2. The van der Waals surface area contributed by atoms with Gasteiger partial charge in [0.15, 0.2) is 12.2 Å². The van der Waals surface area contributed by atoms with Gasteiger partial charge < -0.3 is 33.8 Å². The molecule has 0 aromatic rings. The van der Waals surface area contributed by atoms with E-state index in [1.807, 2.05) is 0 Å². The SMILES string of the molecule is CCCCCCCCCCCCCCCCCCCCCCC(=O)OC[C@H](COP(=O)(O)OC[C@@H](O)COP(=O)(O)OC[C@@H](COC(=O)CCCCCCCCC(C)CC)OC(=O)CCCCCCCCCCCCCCCCCC)OC(=O)CCCCCCCCCCCCCCCCCCCCCC. The predicted octanol–water partition coefficient (Wildman–Crippen LogP) is 26.8. The minimum absolute atomic E-state index is 0.108. The summed E-state index contributed by atoms with van der Waals surface area (Å²) in [6.45, 7) is 7.33. The molecule has 0 amide bonds. The Bertz CT molecular complexity index is 2020. The van der Waals surface area contributed by atoms with Gasteiger partial charge in [-0.1, -0.05) is 420 Å².